The number of thiazole rings is 1. The number of carboxylic acid groups (broad SMARTS) is 1. The molecule has 0 radical (unpaired) electrons. The summed E-state index contributed by atoms with van der Waals surface area (Å²) in [6, 6.07) is 0.716. The van der Waals surface area contributed by atoms with Gasteiger partial charge in [-0.3, -0.25) is 19.5 Å². The first-order chi connectivity index (χ1) is 18.8. The fraction of sp³-hybridized carbons (Fsp3) is 0.364. The zero-order chi connectivity index (χ0) is 28.1. The number of amides is 2. The number of nitrogens with zero attached hydrogens (tertiary/aromatic N) is 4. The van der Waals surface area contributed by atoms with Crippen LogP contribution in [0.25, 0.3) is 0 Å². The van der Waals surface area contributed by atoms with Gasteiger partial charge in [0.15, 0.2) is 10.8 Å². The second-order valence-corrected chi connectivity index (χ2v) is 12.1. The highest BCUT2D eigenvalue weighted by atomic mass is 35.5. The van der Waals surface area contributed by atoms with E-state index in [1.807, 2.05) is 0 Å². The molecule has 2 aliphatic heterocycles. The third kappa shape index (κ3) is 6.31. The maximum atomic E-state index is 13.0. The number of anilines is 1. The van der Waals surface area contributed by atoms with Crippen LogP contribution in [0.3, 0.4) is 0 Å². The van der Waals surface area contributed by atoms with E-state index in [0.29, 0.717) is 24.7 Å². The molecule has 0 aromatic carbocycles. The van der Waals surface area contributed by atoms with Crippen LogP contribution in [-0.4, -0.2) is 79.0 Å². The molecule has 4 rings (SSSR count). The smallest absolute Gasteiger partial charge is 0.353 e. The van der Waals surface area contributed by atoms with Gasteiger partial charge in [0.1, 0.15) is 27.1 Å². The molecule has 1 saturated heterocycles. The number of nitrogen functional groups attached to an aromatic ring is 1. The number of fused-ring (bicyclic) bond motifs is 1. The molecule has 208 valence electrons. The fourth-order valence-corrected chi connectivity index (χ4v) is 7.31. The Morgan fingerprint density at radius 3 is 2.85 bits per heavy atom. The number of aliphatic carboxylic acids is 1. The van der Waals surface area contributed by atoms with Gasteiger partial charge in [-0.1, -0.05) is 39.9 Å². The van der Waals surface area contributed by atoms with Crippen molar-refractivity contribution in [2.75, 3.05) is 24.6 Å². The maximum Gasteiger partial charge on any atom is 0.353 e. The molecule has 17 heteroatoms. The Morgan fingerprint density at radius 1 is 1.38 bits per heavy atom. The molecule has 0 spiro atoms. The molecule has 2 atom stereocenters. The van der Waals surface area contributed by atoms with Crippen LogP contribution < -0.4 is 16.8 Å². The average molecular weight is 614 g/mol. The van der Waals surface area contributed by atoms with Crippen LogP contribution in [0.4, 0.5) is 5.13 Å². The third-order valence-corrected chi connectivity index (χ3v) is 9.40. The topological polar surface area (TPSA) is 206 Å². The largest absolute Gasteiger partial charge is 0.477 e. The molecule has 39 heavy (non-hydrogen) atoms. The minimum absolute atomic E-state index is 0.0401. The van der Waals surface area contributed by atoms with Crippen molar-refractivity contribution in [1.82, 2.24) is 20.2 Å². The minimum Gasteiger partial charge on any atom is -0.477 e. The molecular formula is C22H24ClN7O6S3. The summed E-state index contributed by atoms with van der Waals surface area (Å²) in [6.45, 7) is 1.43. The van der Waals surface area contributed by atoms with E-state index in [-0.39, 0.29) is 26.6 Å². The number of carboxylic acids is 1. The standard InChI is InChI=1S/C22H24ClN7O6S3/c23-17-13(28-22(25)39-17)14(29-35)18(31)27-15-19(32)30-16(21(33)34)12(9-37-20(15)30)38-11-3-5-26-7-10(11)8-36-6-2-1-4-24/h3,5,7,15,20,35H,1-2,4,6,8-9,24H2,(H2,25,28)(H,27,31)(H,33,34)/b29-14-/t15-,20-/m1/s1. The number of halogens is 1. The highest BCUT2D eigenvalue weighted by Gasteiger charge is 2.54. The van der Waals surface area contributed by atoms with Crippen molar-refractivity contribution in [2.45, 2.75) is 35.8 Å². The molecule has 13 nitrogen and oxygen atoms in total. The molecule has 2 aliphatic rings. The van der Waals surface area contributed by atoms with E-state index >= 15 is 0 Å². The first kappa shape index (κ1) is 29.1. The number of β-lactam (4-membered cyclic amide) rings is 1. The predicted molar refractivity (Wildman–Crippen MR) is 148 cm³/mol. The number of aromatic nitrogens is 2. The molecule has 4 heterocycles. The number of nitrogens with two attached hydrogens (primary N) is 2. The van der Waals surface area contributed by atoms with Gasteiger partial charge in [0.05, 0.1) is 6.61 Å². The lowest BCUT2D eigenvalue weighted by atomic mass is 10.0. The predicted octanol–water partition coefficient (Wildman–Crippen LogP) is 1.70. The summed E-state index contributed by atoms with van der Waals surface area (Å²) in [5, 5.41) is 24.2. The first-order valence-electron chi connectivity index (χ1n) is 11.5. The number of rotatable bonds is 12. The monoisotopic (exact) mass is 613 g/mol. The van der Waals surface area contributed by atoms with Crippen molar-refractivity contribution >= 4 is 75.1 Å². The minimum atomic E-state index is -1.27. The molecule has 2 aromatic heterocycles. The Labute approximate surface area is 240 Å². The molecule has 0 bridgehead atoms. The number of carbonyl (C=O) groups excluding carboxylic acids is 2. The summed E-state index contributed by atoms with van der Waals surface area (Å²) < 4.78 is 5.75. The van der Waals surface area contributed by atoms with Gasteiger partial charge in [-0.25, -0.2) is 9.78 Å². The second kappa shape index (κ2) is 13.0. The maximum absolute atomic E-state index is 13.0. The van der Waals surface area contributed by atoms with Crippen molar-refractivity contribution in [3.8, 4) is 0 Å². The summed E-state index contributed by atoms with van der Waals surface area (Å²) in [4.78, 5) is 48.5. The Bertz CT molecular complexity index is 1340. The van der Waals surface area contributed by atoms with Gasteiger partial charge in [-0.15, -0.1) is 11.8 Å². The van der Waals surface area contributed by atoms with Crippen molar-refractivity contribution in [3.05, 3.63) is 44.7 Å². The summed E-state index contributed by atoms with van der Waals surface area (Å²) in [7, 11) is 0. The van der Waals surface area contributed by atoms with Crippen molar-refractivity contribution < 1.29 is 29.4 Å². The van der Waals surface area contributed by atoms with Crippen LogP contribution in [0, 0.1) is 0 Å². The van der Waals surface area contributed by atoms with Gasteiger partial charge in [0, 0.05) is 40.1 Å². The highest BCUT2D eigenvalue weighted by molar-refractivity contribution is 8.06. The number of thioether (sulfide) groups is 2. The lowest BCUT2D eigenvalue weighted by molar-refractivity contribution is -0.150. The van der Waals surface area contributed by atoms with Gasteiger partial charge >= 0.3 is 5.97 Å². The number of hydrogen-bond donors (Lipinski definition) is 5. The van der Waals surface area contributed by atoms with E-state index in [9.17, 15) is 24.7 Å². The third-order valence-electron chi connectivity index (χ3n) is 5.66. The van der Waals surface area contributed by atoms with Crippen LogP contribution in [0.1, 0.15) is 24.1 Å². The Balaban J connectivity index is 1.48. The molecule has 1 fully saturated rings. The molecule has 0 aliphatic carbocycles. The van der Waals surface area contributed by atoms with Crippen molar-refractivity contribution in [1.29, 1.82) is 0 Å². The Kier molecular flexibility index (Phi) is 9.68. The van der Waals surface area contributed by atoms with E-state index in [4.69, 9.17) is 27.8 Å². The normalized spacial score (nSPS) is 19.1. The SMILES string of the molecule is NCCCCOCc1cnccc1SC1=C(C(=O)O)N2C(=O)[C@@H](NC(=O)/C(=N\O)c3nc(N)sc3Cl)[C@H]2SC1. The van der Waals surface area contributed by atoms with E-state index in [1.54, 1.807) is 18.5 Å². The van der Waals surface area contributed by atoms with E-state index in [1.165, 1.54) is 23.5 Å². The van der Waals surface area contributed by atoms with Crippen LogP contribution in [-0.2, 0) is 25.7 Å². The zero-order valence-corrected chi connectivity index (χ0v) is 23.4. The fourth-order valence-electron chi connectivity index (χ4n) is 3.83. The molecule has 0 unspecified atom stereocenters. The number of ether oxygens (including phenoxy) is 1. The quantitative estimate of drug-likeness (QED) is 0.0762. The average Bonchev–Trinajstić information content (AvgIpc) is 3.25. The van der Waals surface area contributed by atoms with Crippen LogP contribution in [0.5, 0.6) is 0 Å². The van der Waals surface area contributed by atoms with Gasteiger partial charge in [-0.05, 0) is 25.5 Å². The highest BCUT2D eigenvalue weighted by Crippen LogP contribution is 2.45. The molecular weight excluding hydrogens is 590 g/mol. The number of carbonyl (C=O) groups is 3. The van der Waals surface area contributed by atoms with Crippen LogP contribution in [0.15, 0.2) is 39.1 Å². The summed E-state index contributed by atoms with van der Waals surface area (Å²) in [6.07, 6.45) is 4.95. The van der Waals surface area contributed by atoms with Gasteiger partial charge in [0.2, 0.25) is 0 Å². The Morgan fingerprint density at radius 2 is 2.18 bits per heavy atom. The van der Waals surface area contributed by atoms with Crippen molar-refractivity contribution in [3.63, 3.8) is 0 Å². The van der Waals surface area contributed by atoms with Crippen LogP contribution in [0.2, 0.25) is 4.34 Å². The summed E-state index contributed by atoms with van der Waals surface area (Å²) in [5.41, 5.74) is 11.1. The lowest BCUT2D eigenvalue weighted by Crippen LogP contribution is -2.71. The summed E-state index contributed by atoms with van der Waals surface area (Å²) >= 11 is 9.44. The number of nitrogens with one attached hydrogen (secondary N) is 1. The molecule has 2 aromatic rings. The molecule has 0 saturated carbocycles. The number of oxime groups is 1. The first-order valence-corrected chi connectivity index (χ1v) is 14.6. The number of unbranched alkanes of at least 4 members (excludes halogenated alkanes) is 1. The van der Waals surface area contributed by atoms with Gasteiger partial charge < -0.3 is 31.8 Å². The lowest BCUT2D eigenvalue weighted by Gasteiger charge is -2.49. The van der Waals surface area contributed by atoms with E-state index < -0.39 is 34.9 Å². The Hall–Kier alpha value is -2.89. The second-order valence-electron chi connectivity index (χ2n) is 8.19. The van der Waals surface area contributed by atoms with E-state index in [0.717, 1.165) is 39.5 Å². The summed E-state index contributed by atoms with van der Waals surface area (Å²) in [5.74, 6) is -2.51. The van der Waals surface area contributed by atoms with Gasteiger partial charge in [-0.2, -0.15) is 0 Å². The van der Waals surface area contributed by atoms with Gasteiger partial charge in [0.25, 0.3) is 11.8 Å². The molecule has 2 amide bonds. The van der Waals surface area contributed by atoms with E-state index in [2.05, 4.69) is 20.4 Å². The van der Waals surface area contributed by atoms with Crippen LogP contribution >= 0.6 is 46.5 Å². The number of hydrogen-bond acceptors (Lipinski definition) is 13. The van der Waals surface area contributed by atoms with Crippen molar-refractivity contribution in [2.24, 2.45) is 10.9 Å². The zero-order valence-electron chi connectivity index (χ0n) is 20.2. The number of pyridine rings is 1. The molecule has 7 N–H and O–H groups in total.